The molecule has 0 aliphatic carbocycles. The largest absolute Gasteiger partial charge is 0.409 e. The number of hydrogen-bond acceptors (Lipinski definition) is 4. The van der Waals surface area contributed by atoms with Crippen molar-refractivity contribution in [3.8, 4) is 0 Å². The summed E-state index contributed by atoms with van der Waals surface area (Å²) in [7, 11) is 0. The smallest absolute Gasteiger partial charge is 0.273 e. The minimum absolute atomic E-state index is 0.0193. The molecule has 0 atom stereocenters. The number of halogens is 1. The summed E-state index contributed by atoms with van der Waals surface area (Å²) in [6.45, 7) is 3.76. The van der Waals surface area contributed by atoms with Crippen LogP contribution in [0.2, 0.25) is 0 Å². The minimum atomic E-state index is -0.260. The first kappa shape index (κ1) is 14.4. The van der Waals surface area contributed by atoms with Gasteiger partial charge < -0.3 is 15.8 Å². The van der Waals surface area contributed by atoms with Crippen LogP contribution < -0.4 is 5.73 Å². The summed E-state index contributed by atoms with van der Waals surface area (Å²) in [5.74, 6) is -0.279. The molecule has 18 heavy (non-hydrogen) atoms. The molecule has 3 N–H and O–H groups in total. The molecule has 0 fully saturated rings. The molecule has 98 valence electrons. The van der Waals surface area contributed by atoms with Crippen LogP contribution in [0, 0.1) is 0 Å². The van der Waals surface area contributed by atoms with E-state index < -0.39 is 0 Å². The predicted octanol–water partition coefficient (Wildman–Crippen LogP) is 1.44. The fourth-order valence-corrected chi connectivity index (χ4v) is 1.58. The second-order valence-corrected chi connectivity index (χ2v) is 4.90. The van der Waals surface area contributed by atoms with Gasteiger partial charge in [0.2, 0.25) is 0 Å². The van der Waals surface area contributed by atoms with Crippen molar-refractivity contribution in [3.05, 3.63) is 28.5 Å². The fourth-order valence-electron chi connectivity index (χ4n) is 1.34. The van der Waals surface area contributed by atoms with Crippen LogP contribution >= 0.6 is 15.9 Å². The van der Waals surface area contributed by atoms with Gasteiger partial charge in [0.1, 0.15) is 5.69 Å². The Morgan fingerprint density at radius 1 is 1.61 bits per heavy atom. The van der Waals surface area contributed by atoms with E-state index in [0.29, 0.717) is 5.69 Å². The Hall–Kier alpha value is -1.63. The van der Waals surface area contributed by atoms with Crippen molar-refractivity contribution in [3.63, 3.8) is 0 Å². The zero-order valence-corrected chi connectivity index (χ0v) is 11.8. The van der Waals surface area contributed by atoms with E-state index in [0.717, 1.165) is 4.47 Å². The van der Waals surface area contributed by atoms with Crippen LogP contribution in [0.3, 0.4) is 0 Å². The van der Waals surface area contributed by atoms with Gasteiger partial charge in [0, 0.05) is 16.7 Å². The van der Waals surface area contributed by atoms with Gasteiger partial charge in [-0.15, -0.1) is 0 Å². The van der Waals surface area contributed by atoms with E-state index in [1.54, 1.807) is 18.3 Å². The van der Waals surface area contributed by atoms with Gasteiger partial charge in [-0.1, -0.05) is 5.16 Å². The van der Waals surface area contributed by atoms with Crippen LogP contribution in [0.25, 0.3) is 0 Å². The number of hydrogen-bond donors (Lipinski definition) is 2. The number of carbonyl (C=O) groups is 1. The molecule has 0 bridgehead atoms. The van der Waals surface area contributed by atoms with Crippen LogP contribution in [0.4, 0.5) is 0 Å². The van der Waals surface area contributed by atoms with Crippen molar-refractivity contribution < 1.29 is 10.0 Å². The number of nitrogens with zero attached hydrogens (tertiary/aromatic N) is 3. The molecule has 0 spiro atoms. The number of amides is 1. The fraction of sp³-hybridized carbons (Fsp3) is 0.364. The SMILES string of the molecule is CC(C)N(CC(N)=NO)C(=O)c1ccc(Br)cn1. The summed E-state index contributed by atoms with van der Waals surface area (Å²) >= 11 is 3.25. The Morgan fingerprint density at radius 2 is 2.28 bits per heavy atom. The Kier molecular flexibility index (Phi) is 5.08. The maximum Gasteiger partial charge on any atom is 0.273 e. The van der Waals surface area contributed by atoms with Gasteiger partial charge in [-0.3, -0.25) is 4.79 Å². The maximum absolute atomic E-state index is 12.2. The summed E-state index contributed by atoms with van der Waals surface area (Å²) in [5, 5.41) is 11.4. The highest BCUT2D eigenvalue weighted by Crippen LogP contribution is 2.10. The van der Waals surface area contributed by atoms with E-state index >= 15 is 0 Å². The number of rotatable bonds is 4. The molecule has 1 amide bonds. The molecule has 0 radical (unpaired) electrons. The first-order valence-electron chi connectivity index (χ1n) is 5.34. The molecule has 0 saturated heterocycles. The third-order valence-electron chi connectivity index (χ3n) is 2.29. The molecule has 1 aromatic heterocycles. The maximum atomic E-state index is 12.2. The Bertz CT molecular complexity index is 445. The molecule has 1 rings (SSSR count). The molecule has 0 aliphatic rings. The highest BCUT2D eigenvalue weighted by molar-refractivity contribution is 9.10. The van der Waals surface area contributed by atoms with Gasteiger partial charge in [0.15, 0.2) is 5.84 Å². The van der Waals surface area contributed by atoms with Gasteiger partial charge in [-0.2, -0.15) is 0 Å². The van der Waals surface area contributed by atoms with Crippen LogP contribution in [0.15, 0.2) is 28.0 Å². The molecule has 0 aliphatic heterocycles. The predicted molar refractivity (Wildman–Crippen MR) is 71.5 cm³/mol. The lowest BCUT2D eigenvalue weighted by atomic mass is 10.2. The molecule has 1 aromatic rings. The number of aromatic nitrogens is 1. The van der Waals surface area contributed by atoms with Crippen molar-refractivity contribution in [1.82, 2.24) is 9.88 Å². The molecule has 1 heterocycles. The number of carbonyl (C=O) groups excluding carboxylic acids is 1. The Morgan fingerprint density at radius 3 is 2.72 bits per heavy atom. The van der Waals surface area contributed by atoms with Crippen molar-refractivity contribution in [1.29, 1.82) is 0 Å². The zero-order chi connectivity index (χ0) is 13.7. The average molecular weight is 315 g/mol. The summed E-state index contributed by atoms with van der Waals surface area (Å²) in [4.78, 5) is 17.7. The highest BCUT2D eigenvalue weighted by atomic mass is 79.9. The van der Waals surface area contributed by atoms with Crippen molar-refractivity contribution in [2.75, 3.05) is 6.54 Å². The van der Waals surface area contributed by atoms with E-state index in [-0.39, 0.29) is 24.3 Å². The lowest BCUT2D eigenvalue weighted by Crippen LogP contribution is -2.43. The van der Waals surface area contributed by atoms with Crippen LogP contribution in [0.1, 0.15) is 24.3 Å². The minimum Gasteiger partial charge on any atom is -0.409 e. The summed E-state index contributed by atoms with van der Waals surface area (Å²) in [5.41, 5.74) is 5.75. The molecule has 6 nitrogen and oxygen atoms in total. The molecule has 7 heteroatoms. The van der Waals surface area contributed by atoms with Crippen molar-refractivity contribution >= 4 is 27.7 Å². The average Bonchev–Trinajstić information content (AvgIpc) is 2.35. The Labute approximate surface area is 114 Å². The van der Waals surface area contributed by atoms with Crippen LogP contribution in [0.5, 0.6) is 0 Å². The summed E-state index contributed by atoms with van der Waals surface area (Å²) in [6.07, 6.45) is 1.55. The van der Waals surface area contributed by atoms with Gasteiger partial charge in [-0.05, 0) is 41.9 Å². The second-order valence-electron chi connectivity index (χ2n) is 3.98. The zero-order valence-electron chi connectivity index (χ0n) is 10.2. The lowest BCUT2D eigenvalue weighted by molar-refractivity contribution is 0.0728. The van der Waals surface area contributed by atoms with Crippen molar-refractivity contribution in [2.24, 2.45) is 10.9 Å². The first-order valence-corrected chi connectivity index (χ1v) is 6.14. The molecule has 0 saturated carbocycles. The van der Waals surface area contributed by atoms with E-state index in [9.17, 15) is 4.79 Å². The number of amidine groups is 1. The normalized spacial score (nSPS) is 11.7. The second kappa shape index (κ2) is 6.34. The molecule has 0 unspecified atom stereocenters. The highest BCUT2D eigenvalue weighted by Gasteiger charge is 2.20. The summed E-state index contributed by atoms with van der Waals surface area (Å²) < 4.78 is 0.798. The van der Waals surface area contributed by atoms with Crippen molar-refractivity contribution in [2.45, 2.75) is 19.9 Å². The summed E-state index contributed by atoms with van der Waals surface area (Å²) in [6, 6.07) is 3.28. The quantitative estimate of drug-likeness (QED) is 0.381. The van der Waals surface area contributed by atoms with Crippen LogP contribution in [-0.2, 0) is 0 Å². The van der Waals surface area contributed by atoms with Gasteiger partial charge in [0.05, 0.1) is 6.54 Å². The number of oxime groups is 1. The molecular formula is C11H15BrN4O2. The molecular weight excluding hydrogens is 300 g/mol. The standard InChI is InChI=1S/C11H15BrN4O2/c1-7(2)16(6-10(13)15-18)11(17)9-4-3-8(12)5-14-9/h3-5,7,18H,6H2,1-2H3,(H2,13,15). The monoisotopic (exact) mass is 314 g/mol. The van der Waals surface area contributed by atoms with Gasteiger partial charge in [0.25, 0.3) is 5.91 Å². The molecule has 0 aromatic carbocycles. The number of pyridine rings is 1. The lowest BCUT2D eigenvalue weighted by Gasteiger charge is -2.25. The third-order valence-corrected chi connectivity index (χ3v) is 2.76. The Balaban J connectivity index is 2.92. The van der Waals surface area contributed by atoms with Gasteiger partial charge in [-0.25, -0.2) is 4.98 Å². The number of nitrogens with two attached hydrogens (primary N) is 1. The third kappa shape index (κ3) is 3.69. The van der Waals surface area contributed by atoms with E-state index in [2.05, 4.69) is 26.1 Å². The first-order chi connectivity index (χ1) is 8.45. The van der Waals surface area contributed by atoms with E-state index in [4.69, 9.17) is 10.9 Å². The van der Waals surface area contributed by atoms with Crippen LogP contribution in [-0.4, -0.2) is 39.4 Å². The van der Waals surface area contributed by atoms with E-state index in [1.165, 1.54) is 4.90 Å². The topological polar surface area (TPSA) is 91.8 Å². The van der Waals surface area contributed by atoms with Gasteiger partial charge >= 0.3 is 0 Å². The van der Waals surface area contributed by atoms with E-state index in [1.807, 2.05) is 13.8 Å².